The number of allylic oxidation sites excluding steroid dienone is 1. The van der Waals surface area contributed by atoms with Gasteiger partial charge in [0.1, 0.15) is 0 Å². The van der Waals surface area contributed by atoms with E-state index in [-0.39, 0.29) is 0 Å². The summed E-state index contributed by atoms with van der Waals surface area (Å²) in [6.07, 6.45) is 18.7. The third-order valence-corrected chi connectivity index (χ3v) is 11.1. The fourth-order valence-electron chi connectivity index (χ4n) is 9.01. The van der Waals surface area contributed by atoms with Gasteiger partial charge >= 0.3 is 0 Å². The largest absolute Gasteiger partial charge is 0.377 e. The van der Waals surface area contributed by atoms with Crippen LogP contribution in [0.25, 0.3) is 0 Å². The van der Waals surface area contributed by atoms with E-state index in [2.05, 4.69) is 63.3 Å². The van der Waals surface area contributed by atoms with E-state index in [0.29, 0.717) is 16.9 Å². The van der Waals surface area contributed by atoms with Gasteiger partial charge in [0.05, 0.1) is 12.7 Å². The highest BCUT2D eigenvalue weighted by Crippen LogP contribution is 2.67. The molecule has 0 spiro atoms. The number of halogens is 1. The molecule has 0 aromatic rings. The van der Waals surface area contributed by atoms with Crippen molar-refractivity contribution in [3.05, 3.63) is 11.6 Å². The highest BCUT2D eigenvalue weighted by atomic mass is 127. The van der Waals surface area contributed by atoms with Crippen LogP contribution >= 0.6 is 22.6 Å². The van der Waals surface area contributed by atoms with Gasteiger partial charge in [-0.05, 0) is 97.7 Å². The van der Waals surface area contributed by atoms with Gasteiger partial charge in [-0.15, -0.1) is 0 Å². The summed E-state index contributed by atoms with van der Waals surface area (Å²) >= 11 is 2.44. The molecular formula is C29H49IO. The average molecular weight is 541 g/mol. The smallest absolute Gasteiger partial charge is 0.0613 e. The van der Waals surface area contributed by atoms with Gasteiger partial charge in [-0.2, -0.15) is 0 Å². The Labute approximate surface area is 207 Å². The number of rotatable bonds is 8. The van der Waals surface area contributed by atoms with Crippen LogP contribution in [0.15, 0.2) is 11.6 Å². The van der Waals surface area contributed by atoms with Gasteiger partial charge in [0, 0.05) is 4.43 Å². The first-order valence-corrected chi connectivity index (χ1v) is 15.2. The molecule has 0 N–H and O–H groups in total. The van der Waals surface area contributed by atoms with Crippen LogP contribution in [0, 0.1) is 46.3 Å². The van der Waals surface area contributed by atoms with Crippen molar-refractivity contribution in [1.82, 2.24) is 0 Å². The lowest BCUT2D eigenvalue weighted by atomic mass is 9.47. The van der Waals surface area contributed by atoms with E-state index in [1.807, 2.05) is 0 Å². The normalized spacial score (nSPS) is 43.2. The maximum absolute atomic E-state index is 6.19. The second-order valence-electron chi connectivity index (χ2n) is 12.7. The predicted octanol–water partition coefficient (Wildman–Crippen LogP) is 8.85. The maximum Gasteiger partial charge on any atom is 0.0613 e. The summed E-state index contributed by atoms with van der Waals surface area (Å²) in [5.41, 5.74) is 2.86. The molecule has 31 heavy (non-hydrogen) atoms. The first-order valence-electron chi connectivity index (χ1n) is 13.7. The van der Waals surface area contributed by atoms with Crippen LogP contribution in [0.2, 0.25) is 0 Å². The van der Waals surface area contributed by atoms with E-state index in [4.69, 9.17) is 4.74 Å². The van der Waals surface area contributed by atoms with Crippen molar-refractivity contribution < 1.29 is 4.74 Å². The highest BCUT2D eigenvalue weighted by molar-refractivity contribution is 14.1. The predicted molar refractivity (Wildman–Crippen MR) is 142 cm³/mol. The number of fused-ring (bicyclic) bond motifs is 5. The molecule has 0 aromatic heterocycles. The highest BCUT2D eigenvalue weighted by Gasteiger charge is 2.59. The summed E-state index contributed by atoms with van der Waals surface area (Å²) in [6, 6.07) is 0. The molecule has 0 amide bonds. The molecule has 4 rings (SSSR count). The Hall–Kier alpha value is 0.430. The summed E-state index contributed by atoms with van der Waals surface area (Å²) in [6.45, 7) is 13.7. The number of alkyl halides is 1. The Bertz CT molecular complexity index is 641. The minimum absolute atomic E-state index is 0.468. The quantitative estimate of drug-likeness (QED) is 0.170. The summed E-state index contributed by atoms with van der Waals surface area (Å²) in [5.74, 6) is 5.62. The molecule has 1 nitrogen and oxygen atoms in total. The van der Waals surface area contributed by atoms with Crippen molar-refractivity contribution >= 4 is 22.6 Å². The van der Waals surface area contributed by atoms with Crippen molar-refractivity contribution in [1.29, 1.82) is 0 Å². The maximum atomic E-state index is 6.19. The third-order valence-electron chi connectivity index (χ3n) is 10.7. The standard InChI is InChI=1S/C29H49IO/c1-20(2)7-6-8-21(3)25-11-12-26-24-10-9-22-19-23(31-18-17-30)13-15-28(22,4)27(24)14-16-29(25,26)5/h9,20-21,23-27H,6-8,10-19H2,1-5H3/t21-,23?,24+,25-,26+,27+,28+,29-/m1/s1. The molecule has 0 saturated heterocycles. The first kappa shape index (κ1) is 24.6. The molecule has 8 atom stereocenters. The lowest BCUT2D eigenvalue weighted by Crippen LogP contribution is -2.51. The van der Waals surface area contributed by atoms with Gasteiger partial charge in [0.2, 0.25) is 0 Å². The van der Waals surface area contributed by atoms with Gasteiger partial charge in [0.25, 0.3) is 0 Å². The number of hydrogen-bond donors (Lipinski definition) is 0. The van der Waals surface area contributed by atoms with Crippen molar-refractivity contribution in [2.45, 2.75) is 111 Å². The molecular weight excluding hydrogens is 491 g/mol. The van der Waals surface area contributed by atoms with Crippen molar-refractivity contribution in [3.63, 3.8) is 0 Å². The van der Waals surface area contributed by atoms with Crippen molar-refractivity contribution in [2.75, 3.05) is 11.0 Å². The minimum Gasteiger partial charge on any atom is -0.377 e. The molecule has 1 unspecified atom stereocenters. The van der Waals surface area contributed by atoms with Crippen LogP contribution in [-0.4, -0.2) is 17.1 Å². The number of ether oxygens (including phenoxy) is 1. The zero-order valence-corrected chi connectivity index (χ0v) is 23.3. The Morgan fingerprint density at radius 3 is 2.58 bits per heavy atom. The second-order valence-corrected chi connectivity index (χ2v) is 13.8. The van der Waals surface area contributed by atoms with E-state index in [0.717, 1.165) is 46.5 Å². The topological polar surface area (TPSA) is 9.23 Å². The van der Waals surface area contributed by atoms with Gasteiger partial charge in [-0.3, -0.25) is 0 Å². The Morgan fingerprint density at radius 1 is 1.03 bits per heavy atom. The van der Waals surface area contributed by atoms with Gasteiger partial charge in [-0.1, -0.05) is 88.1 Å². The monoisotopic (exact) mass is 540 g/mol. The minimum atomic E-state index is 0.468. The zero-order chi connectivity index (χ0) is 22.2. The molecule has 3 fully saturated rings. The number of hydrogen-bond acceptors (Lipinski definition) is 1. The van der Waals surface area contributed by atoms with E-state index >= 15 is 0 Å². The fraction of sp³-hybridized carbons (Fsp3) is 0.931. The van der Waals surface area contributed by atoms with Crippen LogP contribution in [0.5, 0.6) is 0 Å². The molecule has 0 aliphatic heterocycles. The van der Waals surface area contributed by atoms with E-state index in [1.54, 1.807) is 5.57 Å². The first-order chi connectivity index (χ1) is 14.8. The SMILES string of the molecule is CC(C)CCC[C@@H](C)[C@H]1CC[C@H]2[C@@H]3CC=C4CC(OCCI)CC[C@]4(C)[C@H]3CC[C@]12C. The second kappa shape index (κ2) is 9.96. The zero-order valence-electron chi connectivity index (χ0n) is 21.1. The summed E-state index contributed by atoms with van der Waals surface area (Å²) in [4.78, 5) is 0. The molecule has 0 bridgehead atoms. The molecule has 2 heteroatoms. The molecule has 178 valence electrons. The Balaban J connectivity index is 1.45. The Morgan fingerprint density at radius 2 is 1.84 bits per heavy atom. The molecule has 4 aliphatic carbocycles. The lowest BCUT2D eigenvalue weighted by Gasteiger charge is -2.58. The molecule has 0 aromatic carbocycles. The van der Waals surface area contributed by atoms with Crippen LogP contribution in [0.3, 0.4) is 0 Å². The summed E-state index contributed by atoms with van der Waals surface area (Å²) in [7, 11) is 0. The summed E-state index contributed by atoms with van der Waals surface area (Å²) < 4.78 is 7.30. The van der Waals surface area contributed by atoms with Crippen LogP contribution in [0.4, 0.5) is 0 Å². The fourth-order valence-corrected chi connectivity index (χ4v) is 9.26. The van der Waals surface area contributed by atoms with Crippen molar-refractivity contribution in [2.24, 2.45) is 46.3 Å². The van der Waals surface area contributed by atoms with E-state index < -0.39 is 0 Å². The van der Waals surface area contributed by atoms with Crippen molar-refractivity contribution in [3.8, 4) is 0 Å². The van der Waals surface area contributed by atoms with E-state index in [9.17, 15) is 0 Å². The van der Waals surface area contributed by atoms with Gasteiger partial charge in [0.15, 0.2) is 0 Å². The van der Waals surface area contributed by atoms with Gasteiger partial charge < -0.3 is 4.74 Å². The van der Waals surface area contributed by atoms with Crippen LogP contribution < -0.4 is 0 Å². The average Bonchev–Trinajstić information content (AvgIpc) is 3.09. The van der Waals surface area contributed by atoms with Gasteiger partial charge in [-0.25, -0.2) is 0 Å². The molecule has 0 radical (unpaired) electrons. The molecule has 0 heterocycles. The Kier molecular flexibility index (Phi) is 7.89. The van der Waals surface area contributed by atoms with Crippen LogP contribution in [-0.2, 0) is 4.74 Å². The molecule has 3 saturated carbocycles. The third kappa shape index (κ3) is 4.69. The lowest BCUT2D eigenvalue weighted by molar-refractivity contribution is -0.0628. The van der Waals surface area contributed by atoms with E-state index in [1.165, 1.54) is 70.6 Å². The summed E-state index contributed by atoms with van der Waals surface area (Å²) in [5, 5.41) is 0. The van der Waals surface area contributed by atoms with Crippen LogP contribution in [0.1, 0.15) is 105 Å². The molecule has 4 aliphatic rings.